The topological polar surface area (TPSA) is 117 Å². The summed E-state index contributed by atoms with van der Waals surface area (Å²) in [5, 5.41) is 27.3. The normalized spacial score (nSPS) is 24.0. The van der Waals surface area contributed by atoms with E-state index in [1.807, 2.05) is 0 Å². The van der Waals surface area contributed by atoms with Crippen LogP contribution in [0, 0.1) is 0 Å². The van der Waals surface area contributed by atoms with Crippen LogP contribution in [0.1, 0.15) is 12.5 Å². The fraction of sp³-hybridized carbons (Fsp3) is 0.286. The van der Waals surface area contributed by atoms with Crippen LogP contribution in [0.3, 0.4) is 0 Å². The first-order valence-electron chi connectivity index (χ1n) is 6.11. The number of aliphatic carboxylic acids is 1. The number of epoxide rings is 1. The highest BCUT2D eigenvalue weighted by molar-refractivity contribution is 5.87. The number of rotatable bonds is 5. The van der Waals surface area contributed by atoms with Crippen molar-refractivity contribution in [1.82, 2.24) is 0 Å². The van der Waals surface area contributed by atoms with Gasteiger partial charge in [-0.05, 0) is 30.7 Å². The standard InChI is InChI=1S/C14H14O7/c1-14(13(18)19)11(21-14)7-20-12(17)5-3-8-2-4-9(15)10(16)6-8/h2-6,11,15-16H,7H2,1H3,(H,18,19)/b5-3+/t11-,14+/m0/s1. The van der Waals surface area contributed by atoms with Crippen molar-refractivity contribution in [1.29, 1.82) is 0 Å². The third kappa shape index (κ3) is 3.32. The molecule has 1 aliphatic rings. The second-order valence-electron chi connectivity index (χ2n) is 4.73. The molecule has 0 radical (unpaired) electrons. The number of hydrogen-bond donors (Lipinski definition) is 3. The maximum atomic E-state index is 11.5. The fourth-order valence-electron chi connectivity index (χ4n) is 1.66. The van der Waals surface area contributed by atoms with Crippen molar-refractivity contribution in [2.24, 2.45) is 0 Å². The minimum Gasteiger partial charge on any atom is -0.504 e. The van der Waals surface area contributed by atoms with E-state index >= 15 is 0 Å². The Balaban J connectivity index is 1.84. The molecule has 0 aromatic heterocycles. The van der Waals surface area contributed by atoms with E-state index in [-0.39, 0.29) is 18.1 Å². The van der Waals surface area contributed by atoms with Crippen molar-refractivity contribution in [3.63, 3.8) is 0 Å². The van der Waals surface area contributed by atoms with Gasteiger partial charge < -0.3 is 24.8 Å². The Morgan fingerprint density at radius 3 is 2.67 bits per heavy atom. The molecule has 112 valence electrons. The predicted molar refractivity (Wildman–Crippen MR) is 70.7 cm³/mol. The van der Waals surface area contributed by atoms with E-state index in [1.165, 1.54) is 31.2 Å². The molecule has 0 unspecified atom stereocenters. The van der Waals surface area contributed by atoms with Gasteiger partial charge in [-0.3, -0.25) is 0 Å². The van der Waals surface area contributed by atoms with Gasteiger partial charge in [0.1, 0.15) is 12.7 Å². The highest BCUT2D eigenvalue weighted by Gasteiger charge is 2.59. The number of aromatic hydroxyl groups is 2. The van der Waals surface area contributed by atoms with Gasteiger partial charge in [-0.15, -0.1) is 0 Å². The number of carboxylic acid groups (broad SMARTS) is 1. The highest BCUT2D eigenvalue weighted by Crippen LogP contribution is 2.36. The lowest BCUT2D eigenvalue weighted by atomic mass is 10.1. The van der Waals surface area contributed by atoms with Crippen LogP contribution in [-0.2, 0) is 19.1 Å². The molecule has 21 heavy (non-hydrogen) atoms. The summed E-state index contributed by atoms with van der Waals surface area (Å²) in [4.78, 5) is 22.2. The molecule has 0 saturated carbocycles. The summed E-state index contributed by atoms with van der Waals surface area (Å²) in [7, 11) is 0. The second-order valence-corrected chi connectivity index (χ2v) is 4.73. The van der Waals surface area contributed by atoms with Gasteiger partial charge in [-0.1, -0.05) is 6.07 Å². The van der Waals surface area contributed by atoms with Crippen LogP contribution in [0.4, 0.5) is 0 Å². The van der Waals surface area contributed by atoms with Crippen LogP contribution < -0.4 is 0 Å². The SMILES string of the molecule is C[C@@]1(C(=O)O)O[C@H]1COC(=O)/C=C/c1ccc(O)c(O)c1. The average Bonchev–Trinajstić information content (AvgIpc) is 3.10. The van der Waals surface area contributed by atoms with Crippen molar-refractivity contribution in [3.05, 3.63) is 29.8 Å². The number of carbonyl (C=O) groups is 2. The molecule has 1 aliphatic heterocycles. The number of carboxylic acids is 1. The maximum Gasteiger partial charge on any atom is 0.338 e. The fourth-order valence-corrected chi connectivity index (χ4v) is 1.66. The number of esters is 1. The molecule has 0 amide bonds. The third-order valence-corrected chi connectivity index (χ3v) is 3.16. The minimum atomic E-state index is -1.28. The Labute approximate surface area is 120 Å². The van der Waals surface area contributed by atoms with E-state index in [0.29, 0.717) is 5.56 Å². The van der Waals surface area contributed by atoms with Gasteiger partial charge in [0.15, 0.2) is 17.1 Å². The summed E-state index contributed by atoms with van der Waals surface area (Å²) >= 11 is 0. The zero-order chi connectivity index (χ0) is 15.6. The average molecular weight is 294 g/mol. The zero-order valence-electron chi connectivity index (χ0n) is 11.1. The summed E-state index contributed by atoms with van der Waals surface area (Å²) in [5.74, 6) is -2.31. The third-order valence-electron chi connectivity index (χ3n) is 3.16. The van der Waals surface area contributed by atoms with Gasteiger partial charge in [0.25, 0.3) is 0 Å². The number of phenols is 2. The van der Waals surface area contributed by atoms with Crippen molar-refractivity contribution in [3.8, 4) is 11.5 Å². The lowest BCUT2D eigenvalue weighted by molar-refractivity contribution is -0.143. The monoisotopic (exact) mass is 294 g/mol. The molecule has 7 nitrogen and oxygen atoms in total. The first kappa shape index (κ1) is 14.9. The Hall–Kier alpha value is -2.54. The molecule has 3 N–H and O–H groups in total. The van der Waals surface area contributed by atoms with E-state index in [2.05, 4.69) is 0 Å². The Morgan fingerprint density at radius 2 is 2.10 bits per heavy atom. The molecule has 2 rings (SSSR count). The zero-order valence-corrected chi connectivity index (χ0v) is 11.1. The Bertz CT molecular complexity index is 607. The highest BCUT2D eigenvalue weighted by atomic mass is 16.7. The van der Waals surface area contributed by atoms with E-state index in [9.17, 15) is 14.7 Å². The van der Waals surface area contributed by atoms with Gasteiger partial charge in [0.2, 0.25) is 0 Å². The molecule has 2 atom stereocenters. The van der Waals surface area contributed by atoms with E-state index in [0.717, 1.165) is 6.08 Å². The van der Waals surface area contributed by atoms with E-state index in [1.54, 1.807) is 0 Å². The molecule has 1 aromatic carbocycles. The summed E-state index contributed by atoms with van der Waals surface area (Å²) in [6.07, 6.45) is 1.88. The molecular weight excluding hydrogens is 280 g/mol. The van der Waals surface area contributed by atoms with Gasteiger partial charge in [0.05, 0.1) is 0 Å². The molecule has 1 aromatic rings. The number of carbonyl (C=O) groups excluding carboxylic acids is 1. The summed E-state index contributed by atoms with van der Waals surface area (Å²) in [5.41, 5.74) is -0.785. The molecule has 0 aliphatic carbocycles. The summed E-state index contributed by atoms with van der Waals surface area (Å²) < 4.78 is 9.81. The molecule has 1 heterocycles. The molecule has 1 fully saturated rings. The van der Waals surface area contributed by atoms with Gasteiger partial charge in [-0.2, -0.15) is 0 Å². The lowest BCUT2D eigenvalue weighted by Gasteiger charge is -2.01. The summed E-state index contributed by atoms with van der Waals surface area (Å²) in [6.45, 7) is 1.26. The van der Waals surface area contributed by atoms with Crippen LogP contribution in [0.15, 0.2) is 24.3 Å². The van der Waals surface area contributed by atoms with Gasteiger partial charge in [0, 0.05) is 6.08 Å². The lowest BCUT2D eigenvalue weighted by Crippen LogP contribution is -2.25. The quantitative estimate of drug-likeness (QED) is 0.319. The number of ether oxygens (including phenoxy) is 2. The van der Waals surface area contributed by atoms with Crippen molar-refractivity contribution < 1.29 is 34.4 Å². The van der Waals surface area contributed by atoms with Crippen LogP contribution in [0.25, 0.3) is 6.08 Å². The van der Waals surface area contributed by atoms with Crippen molar-refractivity contribution in [2.45, 2.75) is 18.6 Å². The van der Waals surface area contributed by atoms with Crippen LogP contribution in [0.2, 0.25) is 0 Å². The van der Waals surface area contributed by atoms with Crippen LogP contribution in [-0.4, -0.2) is 45.6 Å². The van der Waals surface area contributed by atoms with Crippen molar-refractivity contribution >= 4 is 18.0 Å². The Morgan fingerprint density at radius 1 is 1.38 bits per heavy atom. The second kappa shape index (κ2) is 5.45. The van der Waals surface area contributed by atoms with Gasteiger partial charge in [-0.25, -0.2) is 9.59 Å². The molecule has 0 spiro atoms. The number of benzene rings is 1. The number of hydrogen-bond acceptors (Lipinski definition) is 6. The largest absolute Gasteiger partial charge is 0.504 e. The molecule has 7 heteroatoms. The van der Waals surface area contributed by atoms with Crippen LogP contribution in [0.5, 0.6) is 11.5 Å². The first-order valence-corrected chi connectivity index (χ1v) is 6.11. The van der Waals surface area contributed by atoms with E-state index < -0.39 is 23.6 Å². The number of phenolic OH excluding ortho intramolecular Hbond substituents is 2. The predicted octanol–water partition coefficient (Wildman–Crippen LogP) is 0.896. The Kier molecular flexibility index (Phi) is 3.86. The molecule has 0 bridgehead atoms. The molecular formula is C14H14O7. The first-order chi connectivity index (χ1) is 9.83. The minimum absolute atomic E-state index is 0.146. The molecule has 1 saturated heterocycles. The smallest absolute Gasteiger partial charge is 0.338 e. The maximum absolute atomic E-state index is 11.5. The van der Waals surface area contributed by atoms with Gasteiger partial charge >= 0.3 is 11.9 Å². The van der Waals surface area contributed by atoms with Crippen molar-refractivity contribution in [2.75, 3.05) is 6.61 Å². The van der Waals surface area contributed by atoms with E-state index in [4.69, 9.17) is 19.7 Å². The van der Waals surface area contributed by atoms with Crippen LogP contribution >= 0.6 is 0 Å². The summed E-state index contributed by atoms with van der Waals surface area (Å²) in [6, 6.07) is 4.08.